The molecule has 0 aliphatic heterocycles. The third-order valence-corrected chi connectivity index (χ3v) is 2.55. The van der Waals surface area contributed by atoms with Crippen molar-refractivity contribution >= 4 is 0 Å². The van der Waals surface area contributed by atoms with Crippen LogP contribution >= 0.6 is 0 Å². The Kier molecular flexibility index (Phi) is 6.16. The molecule has 0 aromatic heterocycles. The summed E-state index contributed by atoms with van der Waals surface area (Å²) in [6, 6.07) is 6.45. The SMILES string of the molecule is CCCNCc1cc(F)ccc1OC(C#N)CC. The number of hydrogen-bond acceptors (Lipinski definition) is 3. The van der Waals surface area contributed by atoms with Crippen molar-refractivity contribution in [3.8, 4) is 11.8 Å². The molecule has 0 fully saturated rings. The molecule has 4 heteroatoms. The van der Waals surface area contributed by atoms with Crippen LogP contribution in [0.2, 0.25) is 0 Å². The molecule has 1 aromatic rings. The van der Waals surface area contributed by atoms with Crippen molar-refractivity contribution in [1.82, 2.24) is 5.32 Å². The van der Waals surface area contributed by atoms with Crippen LogP contribution in [0.15, 0.2) is 18.2 Å². The van der Waals surface area contributed by atoms with Crippen LogP contribution < -0.4 is 10.1 Å². The highest BCUT2D eigenvalue weighted by atomic mass is 19.1. The number of ether oxygens (including phenoxy) is 1. The molecule has 3 nitrogen and oxygen atoms in total. The van der Waals surface area contributed by atoms with Crippen LogP contribution in [-0.2, 0) is 6.54 Å². The molecule has 0 heterocycles. The maximum absolute atomic E-state index is 13.2. The second kappa shape index (κ2) is 7.67. The van der Waals surface area contributed by atoms with Crippen molar-refractivity contribution in [3.05, 3.63) is 29.6 Å². The van der Waals surface area contributed by atoms with Gasteiger partial charge in [-0.3, -0.25) is 0 Å². The van der Waals surface area contributed by atoms with Crippen LogP contribution in [0, 0.1) is 17.1 Å². The van der Waals surface area contributed by atoms with E-state index in [2.05, 4.69) is 18.3 Å². The lowest BCUT2D eigenvalue weighted by molar-refractivity contribution is 0.248. The topological polar surface area (TPSA) is 45.0 Å². The molecular weight excluding hydrogens is 231 g/mol. The Hall–Kier alpha value is -1.60. The number of halogens is 1. The van der Waals surface area contributed by atoms with E-state index in [0.717, 1.165) is 18.5 Å². The van der Waals surface area contributed by atoms with E-state index in [9.17, 15) is 4.39 Å². The van der Waals surface area contributed by atoms with E-state index < -0.39 is 6.10 Å². The Balaban J connectivity index is 2.79. The van der Waals surface area contributed by atoms with Gasteiger partial charge in [-0.1, -0.05) is 13.8 Å². The Morgan fingerprint density at radius 1 is 1.44 bits per heavy atom. The molecule has 0 aliphatic carbocycles. The first-order valence-corrected chi connectivity index (χ1v) is 6.26. The summed E-state index contributed by atoms with van der Waals surface area (Å²) in [4.78, 5) is 0. The smallest absolute Gasteiger partial charge is 0.184 e. The number of nitriles is 1. The zero-order chi connectivity index (χ0) is 13.4. The quantitative estimate of drug-likeness (QED) is 0.757. The van der Waals surface area contributed by atoms with E-state index in [1.165, 1.54) is 12.1 Å². The van der Waals surface area contributed by atoms with Crippen LogP contribution in [0.5, 0.6) is 5.75 Å². The van der Waals surface area contributed by atoms with Gasteiger partial charge in [-0.25, -0.2) is 4.39 Å². The first-order valence-electron chi connectivity index (χ1n) is 6.26. The first-order chi connectivity index (χ1) is 8.71. The Bertz CT molecular complexity index is 415. The number of hydrogen-bond donors (Lipinski definition) is 1. The normalized spacial score (nSPS) is 11.9. The van der Waals surface area contributed by atoms with E-state index in [-0.39, 0.29) is 5.82 Å². The van der Waals surface area contributed by atoms with Crippen molar-refractivity contribution in [3.63, 3.8) is 0 Å². The van der Waals surface area contributed by atoms with E-state index in [1.807, 2.05) is 6.92 Å². The number of rotatable bonds is 7. The van der Waals surface area contributed by atoms with Crippen LogP contribution in [0.25, 0.3) is 0 Å². The van der Waals surface area contributed by atoms with Crippen molar-refractivity contribution in [2.45, 2.75) is 39.3 Å². The molecule has 1 aromatic carbocycles. The zero-order valence-electron chi connectivity index (χ0n) is 10.9. The largest absolute Gasteiger partial charge is 0.475 e. The van der Waals surface area contributed by atoms with Gasteiger partial charge in [0.25, 0.3) is 0 Å². The molecule has 0 bridgehead atoms. The molecular formula is C14H19FN2O. The van der Waals surface area contributed by atoms with Gasteiger partial charge in [0, 0.05) is 12.1 Å². The molecule has 1 N–H and O–H groups in total. The molecule has 1 unspecified atom stereocenters. The Morgan fingerprint density at radius 2 is 2.22 bits per heavy atom. The van der Waals surface area contributed by atoms with E-state index in [0.29, 0.717) is 18.7 Å². The van der Waals surface area contributed by atoms with Gasteiger partial charge in [-0.15, -0.1) is 0 Å². The van der Waals surface area contributed by atoms with Gasteiger partial charge in [-0.05, 0) is 37.6 Å². The standard InChI is InChI=1S/C14H19FN2O/c1-3-7-17-10-11-8-12(15)5-6-14(11)18-13(4-2)9-16/h5-6,8,13,17H,3-4,7,10H2,1-2H3. The van der Waals surface area contributed by atoms with E-state index in [4.69, 9.17) is 10.00 Å². The van der Waals surface area contributed by atoms with Crippen LogP contribution in [-0.4, -0.2) is 12.6 Å². The van der Waals surface area contributed by atoms with Gasteiger partial charge in [0.15, 0.2) is 6.10 Å². The second-order valence-electron chi connectivity index (χ2n) is 4.07. The van der Waals surface area contributed by atoms with Crippen LogP contribution in [0.1, 0.15) is 32.3 Å². The average molecular weight is 250 g/mol. The van der Waals surface area contributed by atoms with Crippen molar-refractivity contribution < 1.29 is 9.13 Å². The number of nitrogens with zero attached hydrogens (tertiary/aromatic N) is 1. The van der Waals surface area contributed by atoms with Crippen LogP contribution in [0.3, 0.4) is 0 Å². The highest BCUT2D eigenvalue weighted by Crippen LogP contribution is 2.21. The maximum Gasteiger partial charge on any atom is 0.184 e. The highest BCUT2D eigenvalue weighted by Gasteiger charge is 2.10. The lowest BCUT2D eigenvalue weighted by atomic mass is 10.2. The lowest BCUT2D eigenvalue weighted by Crippen LogP contribution is -2.17. The molecule has 0 saturated carbocycles. The highest BCUT2D eigenvalue weighted by molar-refractivity contribution is 5.34. The molecule has 0 radical (unpaired) electrons. The van der Waals surface area contributed by atoms with Crippen molar-refractivity contribution in [2.24, 2.45) is 0 Å². The minimum absolute atomic E-state index is 0.291. The summed E-state index contributed by atoms with van der Waals surface area (Å²) in [5.74, 6) is 0.286. The Labute approximate surface area is 108 Å². The predicted octanol–water partition coefficient (Wildman–Crippen LogP) is 3.01. The molecule has 0 aliphatic rings. The summed E-state index contributed by atoms with van der Waals surface area (Å²) in [5, 5.41) is 12.1. The van der Waals surface area contributed by atoms with Crippen molar-refractivity contribution in [1.29, 1.82) is 5.26 Å². The molecule has 1 rings (SSSR count). The minimum atomic E-state index is -0.486. The summed E-state index contributed by atoms with van der Waals surface area (Å²) in [5.41, 5.74) is 0.747. The fraction of sp³-hybridized carbons (Fsp3) is 0.500. The predicted molar refractivity (Wildman–Crippen MR) is 68.7 cm³/mol. The van der Waals surface area contributed by atoms with Gasteiger partial charge < -0.3 is 10.1 Å². The molecule has 18 heavy (non-hydrogen) atoms. The number of nitrogens with one attached hydrogen (secondary N) is 1. The molecule has 0 saturated heterocycles. The Morgan fingerprint density at radius 3 is 2.83 bits per heavy atom. The summed E-state index contributed by atoms with van der Waals surface area (Å²) >= 11 is 0. The van der Waals surface area contributed by atoms with Crippen molar-refractivity contribution in [2.75, 3.05) is 6.54 Å². The fourth-order valence-electron chi connectivity index (χ4n) is 1.56. The summed E-state index contributed by atoms with van der Waals surface area (Å²) in [6.07, 6.45) is 1.14. The number of benzene rings is 1. The van der Waals surface area contributed by atoms with E-state index in [1.54, 1.807) is 6.07 Å². The molecule has 0 spiro atoms. The lowest BCUT2D eigenvalue weighted by Gasteiger charge is -2.15. The van der Waals surface area contributed by atoms with Crippen LogP contribution in [0.4, 0.5) is 4.39 Å². The fourth-order valence-corrected chi connectivity index (χ4v) is 1.56. The third-order valence-electron chi connectivity index (χ3n) is 2.55. The van der Waals surface area contributed by atoms with Gasteiger partial charge in [0.1, 0.15) is 17.6 Å². The second-order valence-corrected chi connectivity index (χ2v) is 4.07. The summed E-state index contributed by atoms with van der Waals surface area (Å²) in [6.45, 7) is 5.36. The molecule has 98 valence electrons. The van der Waals surface area contributed by atoms with Gasteiger partial charge in [0.2, 0.25) is 0 Å². The third kappa shape index (κ3) is 4.34. The first kappa shape index (κ1) is 14.5. The van der Waals surface area contributed by atoms with Gasteiger partial charge in [0.05, 0.1) is 0 Å². The molecule has 0 amide bonds. The molecule has 1 atom stereocenters. The van der Waals surface area contributed by atoms with Gasteiger partial charge >= 0.3 is 0 Å². The maximum atomic E-state index is 13.2. The monoisotopic (exact) mass is 250 g/mol. The summed E-state index contributed by atoms with van der Waals surface area (Å²) < 4.78 is 18.8. The average Bonchev–Trinajstić information content (AvgIpc) is 2.38. The van der Waals surface area contributed by atoms with Gasteiger partial charge in [-0.2, -0.15) is 5.26 Å². The summed E-state index contributed by atoms with van der Waals surface area (Å²) in [7, 11) is 0. The van der Waals surface area contributed by atoms with E-state index >= 15 is 0 Å². The minimum Gasteiger partial charge on any atom is -0.475 e. The zero-order valence-corrected chi connectivity index (χ0v) is 10.9.